The molecule has 0 saturated carbocycles. The van der Waals surface area contributed by atoms with Crippen molar-refractivity contribution < 1.29 is 69.7 Å². The standard InChI is InChI=1S/C56H109NO14/c1-3-5-7-9-11-13-15-17-18-19-20-21-22-23-24-25-26-27-29-31-33-35-37-39-47(60)57-43(48(61)44(59)38-36-34-32-30-28-16-14-12-10-8-6-4-2)41-68-55-54(67)52(65)50(63)46(71-55)42-69-56-53(66)51(64)49(62)45(40-58)70-56/h43-46,48-56,58-59,61-67H,3-42H2,1-2H3,(H,57,60)/t43-,44+,45+,46+,48-,49-,50+,51-,52-,53+,54+,55-,56?/m0/s1. The summed E-state index contributed by atoms with van der Waals surface area (Å²) in [6.45, 7) is 2.88. The van der Waals surface area contributed by atoms with Crippen molar-refractivity contribution in [3.05, 3.63) is 0 Å². The van der Waals surface area contributed by atoms with Gasteiger partial charge in [-0.3, -0.25) is 4.79 Å². The molecule has 2 fully saturated rings. The zero-order valence-corrected chi connectivity index (χ0v) is 44.9. The molecule has 71 heavy (non-hydrogen) atoms. The molecule has 2 rings (SSSR count). The second-order valence-electron chi connectivity index (χ2n) is 21.3. The fraction of sp³-hybridized carbons (Fsp3) is 0.982. The van der Waals surface area contributed by atoms with Crippen LogP contribution in [-0.4, -0.2) is 151 Å². The number of aliphatic hydroxyl groups excluding tert-OH is 9. The molecule has 2 saturated heterocycles. The number of aliphatic hydroxyl groups is 9. The van der Waals surface area contributed by atoms with Gasteiger partial charge in [-0.15, -0.1) is 0 Å². The van der Waals surface area contributed by atoms with Crippen LogP contribution in [0, 0.1) is 0 Å². The van der Waals surface area contributed by atoms with E-state index in [2.05, 4.69) is 19.2 Å². The monoisotopic (exact) mass is 1020 g/mol. The second kappa shape index (κ2) is 43.1. The average Bonchev–Trinajstić information content (AvgIpc) is 3.37. The number of rotatable bonds is 47. The Kier molecular flexibility index (Phi) is 40.1. The Morgan fingerprint density at radius 1 is 0.451 bits per heavy atom. The highest BCUT2D eigenvalue weighted by atomic mass is 16.7. The largest absolute Gasteiger partial charge is 0.394 e. The van der Waals surface area contributed by atoms with Gasteiger partial charge >= 0.3 is 0 Å². The van der Waals surface area contributed by atoms with Gasteiger partial charge in [0.1, 0.15) is 54.9 Å². The lowest BCUT2D eigenvalue weighted by molar-refractivity contribution is -0.331. The number of carbonyl (C=O) groups is 1. The van der Waals surface area contributed by atoms with E-state index in [4.69, 9.17) is 18.9 Å². The molecule has 0 aliphatic carbocycles. The second-order valence-corrected chi connectivity index (χ2v) is 21.3. The molecule has 1 unspecified atom stereocenters. The van der Waals surface area contributed by atoms with E-state index in [0.29, 0.717) is 19.3 Å². The minimum Gasteiger partial charge on any atom is -0.394 e. The molecule has 2 aliphatic heterocycles. The van der Waals surface area contributed by atoms with Crippen LogP contribution in [0.15, 0.2) is 0 Å². The van der Waals surface area contributed by atoms with E-state index in [-0.39, 0.29) is 12.3 Å². The van der Waals surface area contributed by atoms with Crippen LogP contribution in [0.25, 0.3) is 0 Å². The smallest absolute Gasteiger partial charge is 0.220 e. The van der Waals surface area contributed by atoms with Crippen LogP contribution < -0.4 is 5.32 Å². The van der Waals surface area contributed by atoms with E-state index in [1.54, 1.807) is 0 Å². The fourth-order valence-corrected chi connectivity index (χ4v) is 9.99. The van der Waals surface area contributed by atoms with Crippen molar-refractivity contribution in [1.82, 2.24) is 5.32 Å². The number of hydrogen-bond acceptors (Lipinski definition) is 14. The summed E-state index contributed by atoms with van der Waals surface area (Å²) < 4.78 is 22.5. The molecule has 0 radical (unpaired) electrons. The summed E-state index contributed by atoms with van der Waals surface area (Å²) >= 11 is 0. The zero-order valence-electron chi connectivity index (χ0n) is 44.9. The molecule has 13 atom stereocenters. The molecule has 422 valence electrons. The minimum absolute atomic E-state index is 0.224. The maximum Gasteiger partial charge on any atom is 0.220 e. The maximum atomic E-state index is 13.3. The Morgan fingerprint density at radius 2 is 0.789 bits per heavy atom. The first-order valence-corrected chi connectivity index (χ1v) is 29.4. The van der Waals surface area contributed by atoms with Gasteiger partial charge in [-0.25, -0.2) is 0 Å². The van der Waals surface area contributed by atoms with E-state index in [0.717, 1.165) is 38.5 Å². The number of hydrogen-bond donors (Lipinski definition) is 10. The number of unbranched alkanes of at least 4 members (excludes halogenated alkanes) is 33. The highest BCUT2D eigenvalue weighted by Gasteiger charge is 2.48. The predicted molar refractivity (Wildman–Crippen MR) is 278 cm³/mol. The Morgan fingerprint density at radius 3 is 1.18 bits per heavy atom. The van der Waals surface area contributed by atoms with Crippen molar-refractivity contribution in [2.75, 3.05) is 19.8 Å². The van der Waals surface area contributed by atoms with Crippen molar-refractivity contribution >= 4 is 5.91 Å². The average molecular weight is 1020 g/mol. The van der Waals surface area contributed by atoms with Crippen LogP contribution in [0.4, 0.5) is 0 Å². The molecule has 2 aliphatic rings. The topological polar surface area (TPSA) is 248 Å². The summed E-state index contributed by atoms with van der Waals surface area (Å²) in [7, 11) is 0. The van der Waals surface area contributed by atoms with Crippen molar-refractivity contribution in [3.8, 4) is 0 Å². The summed E-state index contributed by atoms with van der Waals surface area (Å²) in [6.07, 6.45) is 25.5. The summed E-state index contributed by atoms with van der Waals surface area (Å²) in [5.74, 6) is -0.315. The van der Waals surface area contributed by atoms with E-state index < -0.39 is 99.5 Å². The third-order valence-electron chi connectivity index (χ3n) is 14.9. The van der Waals surface area contributed by atoms with E-state index >= 15 is 0 Å². The molecule has 0 bridgehead atoms. The summed E-state index contributed by atoms with van der Waals surface area (Å²) in [5.41, 5.74) is 0. The first kappa shape index (κ1) is 66.1. The third-order valence-corrected chi connectivity index (χ3v) is 14.9. The molecule has 0 aromatic carbocycles. The van der Waals surface area contributed by atoms with Crippen LogP contribution in [0.5, 0.6) is 0 Å². The Bertz CT molecular complexity index is 1220. The molecular formula is C56H109NO14. The number of nitrogens with one attached hydrogen (secondary N) is 1. The third kappa shape index (κ3) is 29.7. The van der Waals surface area contributed by atoms with Gasteiger partial charge in [-0.2, -0.15) is 0 Å². The Hall–Kier alpha value is -1.05. The minimum atomic E-state index is -1.77. The highest BCUT2D eigenvalue weighted by Crippen LogP contribution is 2.27. The first-order valence-electron chi connectivity index (χ1n) is 29.4. The number of carbonyl (C=O) groups excluding carboxylic acids is 1. The van der Waals surface area contributed by atoms with E-state index in [1.165, 1.54) is 173 Å². The molecule has 15 nitrogen and oxygen atoms in total. The quantitative estimate of drug-likeness (QED) is 0.0258. The number of ether oxygens (including phenoxy) is 4. The maximum absolute atomic E-state index is 13.3. The molecule has 0 aromatic heterocycles. The summed E-state index contributed by atoms with van der Waals surface area (Å²) in [5, 5.41) is 97.7. The normalized spacial score (nSPS) is 26.1. The molecule has 2 heterocycles. The van der Waals surface area contributed by atoms with Gasteiger partial charge in [0.15, 0.2) is 12.6 Å². The summed E-state index contributed by atoms with van der Waals surface area (Å²) in [6, 6.07) is -1.09. The first-order chi connectivity index (χ1) is 34.5. The van der Waals surface area contributed by atoms with Crippen LogP contribution >= 0.6 is 0 Å². The van der Waals surface area contributed by atoms with Crippen molar-refractivity contribution in [3.63, 3.8) is 0 Å². The van der Waals surface area contributed by atoms with Crippen LogP contribution in [0.3, 0.4) is 0 Å². The van der Waals surface area contributed by atoms with E-state index in [1.807, 2.05) is 0 Å². The van der Waals surface area contributed by atoms with Gasteiger partial charge in [0.2, 0.25) is 5.91 Å². The predicted octanol–water partition coefficient (Wildman–Crippen LogP) is 8.31. The van der Waals surface area contributed by atoms with Crippen LogP contribution in [-0.2, 0) is 23.7 Å². The van der Waals surface area contributed by atoms with Gasteiger partial charge in [0, 0.05) is 6.42 Å². The van der Waals surface area contributed by atoms with Crippen LogP contribution in [0.2, 0.25) is 0 Å². The zero-order chi connectivity index (χ0) is 51.9. The van der Waals surface area contributed by atoms with Gasteiger partial charge in [-0.05, 0) is 12.8 Å². The van der Waals surface area contributed by atoms with Gasteiger partial charge in [-0.1, -0.05) is 232 Å². The molecule has 0 spiro atoms. The molecule has 0 aromatic rings. The van der Waals surface area contributed by atoms with Crippen molar-refractivity contribution in [2.24, 2.45) is 0 Å². The van der Waals surface area contributed by atoms with Crippen molar-refractivity contribution in [1.29, 1.82) is 0 Å². The molecule has 1 amide bonds. The molecule has 10 N–H and O–H groups in total. The summed E-state index contributed by atoms with van der Waals surface area (Å²) in [4.78, 5) is 13.3. The lowest BCUT2D eigenvalue weighted by atomic mass is 9.98. The van der Waals surface area contributed by atoms with Crippen molar-refractivity contribution in [2.45, 2.75) is 331 Å². The van der Waals surface area contributed by atoms with Gasteiger partial charge in [0.05, 0.1) is 32.0 Å². The van der Waals surface area contributed by atoms with Crippen LogP contribution in [0.1, 0.15) is 251 Å². The SMILES string of the molecule is CCCCCCCCCCCCCCCCCCCCCCCCCC(=O)N[C@@H](CO[C@H]1O[C@H](COC2O[C@H](CO)[C@H](O)[C@H](O)[C@H]2O)[C@@H](O)[C@H](O)[C@H]1O)[C@H](O)[C@H](O)CCCCCCCCCCCCCC. The highest BCUT2D eigenvalue weighted by molar-refractivity contribution is 5.76. The lowest BCUT2D eigenvalue weighted by Gasteiger charge is -2.43. The number of amides is 1. The van der Waals surface area contributed by atoms with E-state index in [9.17, 15) is 50.8 Å². The Labute approximate surface area is 430 Å². The molecule has 15 heteroatoms. The van der Waals surface area contributed by atoms with Gasteiger partial charge in [0.25, 0.3) is 0 Å². The lowest BCUT2D eigenvalue weighted by Crippen LogP contribution is -2.62. The fourth-order valence-electron chi connectivity index (χ4n) is 9.99. The Balaban J connectivity index is 1.75. The van der Waals surface area contributed by atoms with Gasteiger partial charge < -0.3 is 70.2 Å². The molecular weight excluding hydrogens is 911 g/mol.